The molecule has 0 bridgehead atoms. The van der Waals surface area contributed by atoms with Crippen LogP contribution in [-0.4, -0.2) is 70.2 Å². The lowest BCUT2D eigenvalue weighted by Crippen LogP contribution is -2.46. The molecule has 1 fully saturated rings. The van der Waals surface area contributed by atoms with Gasteiger partial charge in [-0.2, -0.15) is 5.10 Å². The van der Waals surface area contributed by atoms with E-state index in [-0.39, 0.29) is 17.6 Å². The lowest BCUT2D eigenvalue weighted by Gasteiger charge is -2.35. The standard InChI is InChI=1S/C30H37N7O5/c1-19-14-20(6-9-31-19)28-34-25(18-41-28)27(38)33-24-15-21-17-37(12-13-40-5)35-23(21)16-26(24)36-10-7-22(8-11-36)32-29(39)42-30(2,3)4/h6,9,14-18,22H,7-8,10-13H2,1-5H3,(H,32,39)(H,33,38). The number of ether oxygens (including phenoxy) is 2. The second-order valence-electron chi connectivity index (χ2n) is 11.4. The third kappa shape index (κ3) is 7.06. The van der Waals surface area contributed by atoms with Crippen molar-refractivity contribution in [2.75, 3.05) is 37.0 Å². The van der Waals surface area contributed by atoms with E-state index in [0.717, 1.165) is 40.7 Å². The fraction of sp³-hybridized carbons (Fsp3) is 0.433. The molecule has 0 spiro atoms. The molecular weight excluding hydrogens is 538 g/mol. The van der Waals surface area contributed by atoms with Crippen molar-refractivity contribution in [2.24, 2.45) is 0 Å². The van der Waals surface area contributed by atoms with Crippen molar-refractivity contribution in [3.05, 3.63) is 54.3 Å². The van der Waals surface area contributed by atoms with Gasteiger partial charge >= 0.3 is 6.09 Å². The number of nitrogens with zero attached hydrogens (tertiary/aromatic N) is 5. The van der Waals surface area contributed by atoms with Gasteiger partial charge in [-0.25, -0.2) is 9.78 Å². The van der Waals surface area contributed by atoms with Crippen LogP contribution in [0, 0.1) is 6.92 Å². The summed E-state index contributed by atoms with van der Waals surface area (Å²) in [7, 11) is 1.65. The summed E-state index contributed by atoms with van der Waals surface area (Å²) in [6.45, 7) is 9.91. The van der Waals surface area contributed by atoms with Gasteiger partial charge < -0.3 is 29.4 Å². The van der Waals surface area contributed by atoms with Gasteiger partial charge in [0, 0.05) is 55.3 Å². The van der Waals surface area contributed by atoms with E-state index in [2.05, 4.69) is 25.5 Å². The molecular formula is C30H37N7O5. The third-order valence-electron chi connectivity index (χ3n) is 6.88. The van der Waals surface area contributed by atoms with E-state index < -0.39 is 11.7 Å². The van der Waals surface area contributed by atoms with Crippen molar-refractivity contribution in [1.82, 2.24) is 25.1 Å². The Morgan fingerprint density at radius 3 is 2.67 bits per heavy atom. The maximum atomic E-state index is 13.4. The van der Waals surface area contributed by atoms with Crippen LogP contribution < -0.4 is 15.5 Å². The molecule has 1 aliphatic heterocycles. The van der Waals surface area contributed by atoms with Crippen molar-refractivity contribution in [1.29, 1.82) is 0 Å². The molecule has 12 nitrogen and oxygen atoms in total. The van der Waals surface area contributed by atoms with Crippen LogP contribution in [0.1, 0.15) is 49.8 Å². The molecule has 12 heteroatoms. The summed E-state index contributed by atoms with van der Waals surface area (Å²) in [5, 5.41) is 11.6. The lowest BCUT2D eigenvalue weighted by atomic mass is 10.0. The van der Waals surface area contributed by atoms with Crippen LogP contribution in [-0.2, 0) is 16.0 Å². The van der Waals surface area contributed by atoms with Gasteiger partial charge in [-0.05, 0) is 64.8 Å². The molecule has 42 heavy (non-hydrogen) atoms. The molecule has 1 aromatic carbocycles. The molecule has 0 radical (unpaired) electrons. The molecule has 1 aliphatic rings. The summed E-state index contributed by atoms with van der Waals surface area (Å²) in [4.78, 5) is 36.5. The number of alkyl carbamates (subject to hydrolysis) is 1. The maximum Gasteiger partial charge on any atom is 0.407 e. The Labute approximate surface area is 244 Å². The number of hydrogen-bond donors (Lipinski definition) is 2. The van der Waals surface area contributed by atoms with Crippen LogP contribution >= 0.6 is 0 Å². The van der Waals surface area contributed by atoms with Gasteiger partial charge in [0.05, 0.1) is 30.0 Å². The predicted octanol–water partition coefficient (Wildman–Crippen LogP) is 4.79. The van der Waals surface area contributed by atoms with Crippen molar-refractivity contribution >= 4 is 34.3 Å². The number of amides is 2. The van der Waals surface area contributed by atoms with E-state index in [9.17, 15) is 9.59 Å². The average Bonchev–Trinajstić information content (AvgIpc) is 3.58. The van der Waals surface area contributed by atoms with Crippen molar-refractivity contribution < 1.29 is 23.5 Å². The quantitative estimate of drug-likeness (QED) is 0.304. The van der Waals surface area contributed by atoms with Gasteiger partial charge in [-0.3, -0.25) is 14.5 Å². The topological polar surface area (TPSA) is 137 Å². The SMILES string of the molecule is COCCn1cc2cc(NC(=O)c3coc(-c4ccnc(C)c4)n3)c(N3CCC(NC(=O)OC(C)(C)C)CC3)cc2n1. The number of piperidine rings is 1. The van der Waals surface area contributed by atoms with Crippen LogP contribution in [0.2, 0.25) is 0 Å². The van der Waals surface area contributed by atoms with Gasteiger partial charge in [0.2, 0.25) is 5.89 Å². The first kappa shape index (κ1) is 29.1. The molecule has 0 saturated carbocycles. The zero-order valence-corrected chi connectivity index (χ0v) is 24.6. The first-order chi connectivity index (χ1) is 20.1. The van der Waals surface area contributed by atoms with Crippen LogP contribution in [0.5, 0.6) is 0 Å². The summed E-state index contributed by atoms with van der Waals surface area (Å²) in [5.74, 6) is -0.0371. The summed E-state index contributed by atoms with van der Waals surface area (Å²) >= 11 is 0. The summed E-state index contributed by atoms with van der Waals surface area (Å²) in [6, 6.07) is 7.55. The Hall–Kier alpha value is -4.45. The molecule has 222 valence electrons. The molecule has 5 rings (SSSR count). The minimum atomic E-state index is -0.554. The number of pyridine rings is 1. The molecule has 0 aliphatic carbocycles. The monoisotopic (exact) mass is 575 g/mol. The van der Waals surface area contributed by atoms with E-state index in [1.165, 1.54) is 6.26 Å². The number of methoxy groups -OCH3 is 1. The number of aromatic nitrogens is 4. The highest BCUT2D eigenvalue weighted by Gasteiger charge is 2.26. The maximum absolute atomic E-state index is 13.4. The molecule has 0 unspecified atom stereocenters. The second kappa shape index (κ2) is 12.2. The molecule has 0 atom stereocenters. The molecule has 2 amide bonds. The number of nitrogens with one attached hydrogen (secondary N) is 2. The fourth-order valence-electron chi connectivity index (χ4n) is 4.89. The zero-order valence-electron chi connectivity index (χ0n) is 24.6. The Balaban J connectivity index is 1.36. The summed E-state index contributed by atoms with van der Waals surface area (Å²) in [5.41, 5.74) is 3.48. The first-order valence-corrected chi connectivity index (χ1v) is 14.0. The van der Waals surface area contributed by atoms with E-state index in [1.807, 2.05) is 56.8 Å². The number of carbonyl (C=O) groups excluding carboxylic acids is 2. The third-order valence-corrected chi connectivity index (χ3v) is 6.88. The number of rotatable bonds is 8. The smallest absolute Gasteiger partial charge is 0.407 e. The molecule has 1 saturated heterocycles. The Morgan fingerprint density at radius 2 is 1.95 bits per heavy atom. The van der Waals surface area contributed by atoms with Crippen molar-refractivity contribution in [3.63, 3.8) is 0 Å². The minimum Gasteiger partial charge on any atom is -0.444 e. The van der Waals surface area contributed by atoms with Crippen LogP contribution in [0.4, 0.5) is 16.2 Å². The highest BCUT2D eigenvalue weighted by molar-refractivity contribution is 6.06. The van der Waals surface area contributed by atoms with Gasteiger partial charge in [0.25, 0.3) is 5.91 Å². The minimum absolute atomic E-state index is 0.00324. The second-order valence-corrected chi connectivity index (χ2v) is 11.4. The highest BCUT2D eigenvalue weighted by Crippen LogP contribution is 2.33. The van der Waals surface area contributed by atoms with Crippen LogP contribution in [0.25, 0.3) is 22.4 Å². The molecule has 2 N–H and O–H groups in total. The number of fused-ring (bicyclic) bond motifs is 1. The van der Waals surface area contributed by atoms with Crippen molar-refractivity contribution in [2.45, 2.75) is 58.7 Å². The van der Waals surface area contributed by atoms with E-state index in [1.54, 1.807) is 19.4 Å². The molecule has 4 aromatic rings. The summed E-state index contributed by atoms with van der Waals surface area (Å²) < 4.78 is 18.1. The molecule has 4 heterocycles. The van der Waals surface area contributed by atoms with Gasteiger partial charge in [0.15, 0.2) is 5.69 Å². The Morgan fingerprint density at radius 1 is 1.17 bits per heavy atom. The fourth-order valence-corrected chi connectivity index (χ4v) is 4.89. The van der Waals surface area contributed by atoms with Gasteiger partial charge in [-0.1, -0.05) is 0 Å². The van der Waals surface area contributed by atoms with E-state index >= 15 is 0 Å². The van der Waals surface area contributed by atoms with E-state index in [4.69, 9.17) is 19.0 Å². The highest BCUT2D eigenvalue weighted by atomic mass is 16.6. The van der Waals surface area contributed by atoms with Crippen molar-refractivity contribution in [3.8, 4) is 11.5 Å². The number of anilines is 2. The number of oxazole rings is 1. The Kier molecular flexibility index (Phi) is 8.44. The number of benzene rings is 1. The van der Waals surface area contributed by atoms with Gasteiger partial charge in [0.1, 0.15) is 11.9 Å². The number of aryl methyl sites for hydroxylation is 1. The summed E-state index contributed by atoms with van der Waals surface area (Å²) in [6.07, 6.45) is 6.01. The van der Waals surface area contributed by atoms with Crippen LogP contribution in [0.15, 0.2) is 47.3 Å². The Bertz CT molecular complexity index is 1560. The molecule has 3 aromatic heterocycles. The average molecular weight is 576 g/mol. The zero-order chi connectivity index (χ0) is 29.9. The number of carbonyl (C=O) groups is 2. The van der Waals surface area contributed by atoms with Gasteiger partial charge in [-0.15, -0.1) is 0 Å². The van der Waals surface area contributed by atoms with Crippen LogP contribution in [0.3, 0.4) is 0 Å². The number of hydrogen-bond acceptors (Lipinski definition) is 9. The normalized spacial score (nSPS) is 14.3. The lowest BCUT2D eigenvalue weighted by molar-refractivity contribution is 0.0497. The largest absolute Gasteiger partial charge is 0.444 e. The van der Waals surface area contributed by atoms with E-state index in [0.29, 0.717) is 37.8 Å². The predicted molar refractivity (Wildman–Crippen MR) is 159 cm³/mol. The first-order valence-electron chi connectivity index (χ1n) is 14.0.